The van der Waals surface area contributed by atoms with E-state index < -0.39 is 17.4 Å². The standard InChI is InChI=1S/C8H7BrF2N2O2.ClH/c9-5-2-1-4(7(12)8(10)11)3-6(5)13(14)15;/h1-3,7-8H,12H2;1H/t7-;/m1./s1. The van der Waals surface area contributed by atoms with E-state index in [1.165, 1.54) is 12.1 Å². The van der Waals surface area contributed by atoms with E-state index in [0.717, 1.165) is 6.07 Å². The van der Waals surface area contributed by atoms with Crippen molar-refractivity contribution in [3.05, 3.63) is 38.3 Å². The molecule has 16 heavy (non-hydrogen) atoms. The molecule has 0 bridgehead atoms. The molecule has 90 valence electrons. The largest absolute Gasteiger partial charge is 0.319 e. The molecule has 1 atom stereocenters. The lowest BCUT2D eigenvalue weighted by atomic mass is 10.1. The Hall–Kier alpha value is -0.790. The minimum absolute atomic E-state index is 0. The van der Waals surface area contributed by atoms with Gasteiger partial charge in [-0.1, -0.05) is 6.07 Å². The highest BCUT2D eigenvalue weighted by atomic mass is 79.9. The fourth-order valence-electron chi connectivity index (χ4n) is 1.02. The number of nitrogens with zero attached hydrogens (tertiary/aromatic N) is 1. The summed E-state index contributed by atoms with van der Waals surface area (Å²) < 4.78 is 24.7. The van der Waals surface area contributed by atoms with Crippen LogP contribution in [0.4, 0.5) is 14.5 Å². The van der Waals surface area contributed by atoms with E-state index in [4.69, 9.17) is 5.73 Å². The first-order valence-corrected chi connectivity index (χ1v) is 4.70. The van der Waals surface area contributed by atoms with E-state index in [-0.39, 0.29) is 28.1 Å². The van der Waals surface area contributed by atoms with Crippen molar-refractivity contribution >= 4 is 34.0 Å². The number of hydrogen-bond acceptors (Lipinski definition) is 3. The minimum Gasteiger partial charge on any atom is -0.319 e. The molecule has 0 fully saturated rings. The van der Waals surface area contributed by atoms with Crippen molar-refractivity contribution < 1.29 is 13.7 Å². The Morgan fingerprint density at radius 3 is 2.44 bits per heavy atom. The van der Waals surface area contributed by atoms with E-state index in [9.17, 15) is 18.9 Å². The van der Waals surface area contributed by atoms with Crippen LogP contribution in [0.1, 0.15) is 11.6 Å². The van der Waals surface area contributed by atoms with Crippen LogP contribution in [-0.2, 0) is 0 Å². The molecular weight excluding hydrogens is 309 g/mol. The summed E-state index contributed by atoms with van der Waals surface area (Å²) in [6.45, 7) is 0. The molecule has 0 unspecified atom stereocenters. The average molecular weight is 318 g/mol. The maximum atomic E-state index is 12.2. The average Bonchev–Trinajstić information content (AvgIpc) is 2.16. The van der Waals surface area contributed by atoms with E-state index >= 15 is 0 Å². The van der Waals surface area contributed by atoms with Crippen LogP contribution in [0.15, 0.2) is 22.7 Å². The molecule has 8 heteroatoms. The molecule has 1 aromatic carbocycles. The number of rotatable bonds is 3. The zero-order valence-electron chi connectivity index (χ0n) is 7.77. The van der Waals surface area contributed by atoms with Gasteiger partial charge in [0.2, 0.25) is 0 Å². The second-order valence-corrected chi connectivity index (χ2v) is 3.68. The summed E-state index contributed by atoms with van der Waals surface area (Å²) in [4.78, 5) is 9.85. The normalized spacial score (nSPS) is 12.1. The summed E-state index contributed by atoms with van der Waals surface area (Å²) in [5, 5.41) is 10.5. The lowest BCUT2D eigenvalue weighted by Gasteiger charge is -2.10. The van der Waals surface area contributed by atoms with Gasteiger partial charge in [0.05, 0.1) is 15.4 Å². The smallest absolute Gasteiger partial charge is 0.283 e. The molecule has 0 saturated carbocycles. The van der Waals surface area contributed by atoms with Gasteiger partial charge in [0.25, 0.3) is 12.1 Å². The molecule has 0 aliphatic rings. The van der Waals surface area contributed by atoms with Crippen molar-refractivity contribution in [3.63, 3.8) is 0 Å². The fourth-order valence-corrected chi connectivity index (χ4v) is 1.41. The third-order valence-electron chi connectivity index (χ3n) is 1.82. The first kappa shape index (κ1) is 15.2. The highest BCUT2D eigenvalue weighted by Gasteiger charge is 2.21. The van der Waals surface area contributed by atoms with Gasteiger partial charge in [-0.15, -0.1) is 12.4 Å². The highest BCUT2D eigenvalue weighted by molar-refractivity contribution is 9.10. The predicted molar refractivity (Wildman–Crippen MR) is 61.0 cm³/mol. The van der Waals surface area contributed by atoms with Crippen LogP contribution in [-0.4, -0.2) is 11.3 Å². The maximum Gasteiger partial charge on any atom is 0.283 e. The Bertz CT molecular complexity index is 392. The number of alkyl halides is 2. The number of benzene rings is 1. The predicted octanol–water partition coefficient (Wildman–Crippen LogP) is 3.04. The molecule has 0 aromatic heterocycles. The molecule has 0 heterocycles. The summed E-state index contributed by atoms with van der Waals surface area (Å²) in [5.74, 6) is 0. The topological polar surface area (TPSA) is 69.2 Å². The zero-order valence-corrected chi connectivity index (χ0v) is 10.2. The molecule has 0 amide bonds. The molecule has 0 aliphatic heterocycles. The van der Waals surface area contributed by atoms with Crippen molar-refractivity contribution in [1.29, 1.82) is 0 Å². The summed E-state index contributed by atoms with van der Waals surface area (Å²) in [5.41, 5.74) is 4.94. The molecule has 0 spiro atoms. The van der Waals surface area contributed by atoms with Crippen LogP contribution in [0.25, 0.3) is 0 Å². The number of nitrogens with two attached hydrogens (primary N) is 1. The first-order valence-electron chi connectivity index (χ1n) is 3.91. The van der Waals surface area contributed by atoms with Crippen LogP contribution in [0.3, 0.4) is 0 Å². The Kier molecular flexibility index (Phi) is 5.77. The van der Waals surface area contributed by atoms with Gasteiger partial charge >= 0.3 is 0 Å². The molecule has 1 aromatic rings. The summed E-state index contributed by atoms with van der Waals surface area (Å²) in [6.07, 6.45) is -2.74. The fraction of sp³-hybridized carbons (Fsp3) is 0.250. The molecular formula is C8H8BrClF2N2O2. The Morgan fingerprint density at radius 1 is 1.44 bits per heavy atom. The van der Waals surface area contributed by atoms with Gasteiger partial charge < -0.3 is 5.73 Å². The Morgan fingerprint density at radius 2 is 2.00 bits per heavy atom. The van der Waals surface area contributed by atoms with Crippen LogP contribution in [0.2, 0.25) is 0 Å². The maximum absolute atomic E-state index is 12.2. The molecule has 2 N–H and O–H groups in total. The lowest BCUT2D eigenvalue weighted by Crippen LogP contribution is -2.18. The second-order valence-electron chi connectivity index (χ2n) is 2.83. The molecule has 0 aliphatic carbocycles. The summed E-state index contributed by atoms with van der Waals surface area (Å²) in [7, 11) is 0. The number of halogens is 4. The number of nitro benzene ring substituents is 1. The van der Waals surface area contributed by atoms with Crippen molar-refractivity contribution in [1.82, 2.24) is 0 Å². The van der Waals surface area contributed by atoms with Crippen molar-refractivity contribution in [2.45, 2.75) is 12.5 Å². The third kappa shape index (κ3) is 3.36. The highest BCUT2D eigenvalue weighted by Crippen LogP contribution is 2.29. The van der Waals surface area contributed by atoms with Gasteiger partial charge in [-0.25, -0.2) is 8.78 Å². The van der Waals surface area contributed by atoms with Crippen LogP contribution in [0.5, 0.6) is 0 Å². The van der Waals surface area contributed by atoms with Gasteiger partial charge in [-0.2, -0.15) is 0 Å². The van der Waals surface area contributed by atoms with Gasteiger partial charge in [0.1, 0.15) is 0 Å². The van der Waals surface area contributed by atoms with Crippen LogP contribution in [0, 0.1) is 10.1 Å². The van der Waals surface area contributed by atoms with Crippen molar-refractivity contribution in [2.24, 2.45) is 5.73 Å². The molecule has 0 saturated heterocycles. The monoisotopic (exact) mass is 316 g/mol. The minimum atomic E-state index is -2.74. The lowest BCUT2D eigenvalue weighted by molar-refractivity contribution is -0.385. The van der Waals surface area contributed by atoms with Crippen LogP contribution >= 0.6 is 28.3 Å². The van der Waals surface area contributed by atoms with Crippen molar-refractivity contribution in [3.8, 4) is 0 Å². The summed E-state index contributed by atoms with van der Waals surface area (Å²) in [6, 6.07) is 2.20. The van der Waals surface area contributed by atoms with E-state index in [0.29, 0.717) is 0 Å². The van der Waals surface area contributed by atoms with Gasteiger partial charge in [-0.05, 0) is 27.6 Å². The Balaban J connectivity index is 0.00000225. The molecule has 0 radical (unpaired) electrons. The van der Waals surface area contributed by atoms with Gasteiger partial charge in [-0.3, -0.25) is 10.1 Å². The summed E-state index contributed by atoms with van der Waals surface area (Å²) >= 11 is 2.95. The van der Waals surface area contributed by atoms with E-state index in [1.54, 1.807) is 0 Å². The Labute approximate surface area is 105 Å². The third-order valence-corrected chi connectivity index (χ3v) is 2.49. The van der Waals surface area contributed by atoms with Crippen molar-refractivity contribution in [2.75, 3.05) is 0 Å². The number of hydrogen-bond donors (Lipinski definition) is 1. The van der Waals surface area contributed by atoms with Gasteiger partial charge in [0.15, 0.2) is 0 Å². The van der Waals surface area contributed by atoms with Gasteiger partial charge in [0, 0.05) is 6.07 Å². The first-order chi connectivity index (χ1) is 6.93. The van der Waals surface area contributed by atoms with E-state index in [1.807, 2.05) is 0 Å². The molecule has 1 rings (SSSR count). The number of nitro groups is 1. The quantitative estimate of drug-likeness (QED) is 0.688. The van der Waals surface area contributed by atoms with Crippen LogP contribution < -0.4 is 5.73 Å². The second kappa shape index (κ2) is 6.07. The zero-order chi connectivity index (χ0) is 11.6. The molecule has 4 nitrogen and oxygen atoms in total. The van der Waals surface area contributed by atoms with E-state index in [2.05, 4.69) is 15.9 Å². The SMILES string of the molecule is Cl.N[C@H](c1ccc(Br)c([N+](=O)[O-])c1)C(F)F.